The second-order valence-electron chi connectivity index (χ2n) is 6.56. The minimum Gasteiger partial charge on any atom is -0.480 e. The number of amides is 1. The minimum absolute atomic E-state index is 0.0758. The summed E-state index contributed by atoms with van der Waals surface area (Å²) >= 11 is 0. The Morgan fingerprint density at radius 1 is 1.21 bits per heavy atom. The molecule has 0 bridgehead atoms. The summed E-state index contributed by atoms with van der Waals surface area (Å²) in [5, 5.41) is 11.7. The number of aromatic nitrogens is 2. The number of aliphatic carboxylic acids is 1. The second kappa shape index (κ2) is 8.44. The molecule has 1 aromatic carbocycles. The summed E-state index contributed by atoms with van der Waals surface area (Å²) in [5.74, 6) is -2.26. The zero-order valence-corrected chi connectivity index (χ0v) is 16.6. The van der Waals surface area contributed by atoms with Crippen LogP contribution in [-0.4, -0.2) is 52.3 Å². The molecule has 0 aliphatic rings. The Morgan fingerprint density at radius 3 is 2.59 bits per heavy atom. The van der Waals surface area contributed by atoms with Crippen molar-refractivity contribution in [1.82, 2.24) is 14.7 Å². The molecule has 2 N–H and O–H groups in total. The Balaban J connectivity index is 1.78. The summed E-state index contributed by atoms with van der Waals surface area (Å²) in [7, 11) is -3.33. The van der Waals surface area contributed by atoms with Crippen LogP contribution in [0.15, 0.2) is 54.9 Å². The maximum absolute atomic E-state index is 12.5. The molecular formula is C20H21N3O5S. The zero-order valence-electron chi connectivity index (χ0n) is 15.8. The van der Waals surface area contributed by atoms with E-state index in [-0.39, 0.29) is 23.5 Å². The number of benzene rings is 1. The second-order valence-corrected chi connectivity index (χ2v) is 9.04. The molecule has 29 heavy (non-hydrogen) atoms. The van der Waals surface area contributed by atoms with E-state index in [0.29, 0.717) is 5.65 Å². The summed E-state index contributed by atoms with van der Waals surface area (Å²) in [6.07, 6.45) is 3.31. The highest BCUT2D eigenvalue weighted by molar-refractivity contribution is 7.91. The molecule has 8 nitrogen and oxygen atoms in total. The molecule has 3 aromatic rings. The fourth-order valence-electron chi connectivity index (χ4n) is 2.81. The third-order valence-electron chi connectivity index (χ3n) is 4.55. The Morgan fingerprint density at radius 2 is 1.93 bits per heavy atom. The number of fused-ring (bicyclic) bond motifs is 1. The van der Waals surface area contributed by atoms with E-state index in [0.717, 1.165) is 11.3 Å². The number of carboxylic acids is 1. The Kier molecular flexibility index (Phi) is 5.97. The van der Waals surface area contributed by atoms with Gasteiger partial charge in [-0.2, -0.15) is 0 Å². The van der Waals surface area contributed by atoms with Gasteiger partial charge in [-0.15, -0.1) is 0 Å². The predicted octanol–water partition coefficient (Wildman–Crippen LogP) is 2.01. The van der Waals surface area contributed by atoms with Crippen LogP contribution in [0, 0.1) is 0 Å². The molecule has 1 unspecified atom stereocenters. The van der Waals surface area contributed by atoms with Gasteiger partial charge in [-0.3, -0.25) is 4.79 Å². The van der Waals surface area contributed by atoms with Crippen LogP contribution in [-0.2, 0) is 14.6 Å². The molecule has 2 aromatic heterocycles. The highest BCUT2D eigenvalue weighted by atomic mass is 32.2. The molecule has 2 heterocycles. The molecule has 0 aliphatic heterocycles. The summed E-state index contributed by atoms with van der Waals surface area (Å²) in [5.41, 5.74) is 2.46. The Hall–Kier alpha value is -3.20. The van der Waals surface area contributed by atoms with E-state index in [1.807, 2.05) is 36.5 Å². The minimum atomic E-state index is -3.33. The van der Waals surface area contributed by atoms with Crippen molar-refractivity contribution in [2.75, 3.05) is 11.5 Å². The first kappa shape index (κ1) is 20.5. The van der Waals surface area contributed by atoms with Gasteiger partial charge in [0.25, 0.3) is 5.91 Å². The maximum Gasteiger partial charge on any atom is 0.326 e. The SMILES string of the molecule is CCS(=O)(=O)CCC(NC(=O)c1ccn2cc(-c3ccccc3)nc2c1)C(=O)O. The van der Waals surface area contributed by atoms with E-state index in [4.69, 9.17) is 0 Å². The van der Waals surface area contributed by atoms with Crippen molar-refractivity contribution in [1.29, 1.82) is 0 Å². The number of nitrogens with zero attached hydrogens (tertiary/aromatic N) is 2. The molecule has 0 radical (unpaired) electrons. The van der Waals surface area contributed by atoms with Gasteiger partial charge in [-0.25, -0.2) is 18.2 Å². The lowest BCUT2D eigenvalue weighted by Gasteiger charge is -2.14. The molecule has 0 saturated carbocycles. The highest BCUT2D eigenvalue weighted by Gasteiger charge is 2.23. The summed E-state index contributed by atoms with van der Waals surface area (Å²) in [6, 6.07) is 11.4. The number of sulfone groups is 1. The van der Waals surface area contributed by atoms with Crippen molar-refractivity contribution in [2.24, 2.45) is 0 Å². The van der Waals surface area contributed by atoms with Crippen LogP contribution in [0.4, 0.5) is 0 Å². The smallest absolute Gasteiger partial charge is 0.326 e. The number of imidazole rings is 1. The van der Waals surface area contributed by atoms with Gasteiger partial charge in [0.2, 0.25) is 0 Å². The van der Waals surface area contributed by atoms with Crippen LogP contribution < -0.4 is 5.32 Å². The van der Waals surface area contributed by atoms with E-state index in [2.05, 4.69) is 10.3 Å². The van der Waals surface area contributed by atoms with Crippen LogP contribution in [0.1, 0.15) is 23.7 Å². The number of pyridine rings is 1. The summed E-state index contributed by atoms with van der Waals surface area (Å²) in [4.78, 5) is 28.4. The third-order valence-corrected chi connectivity index (χ3v) is 6.29. The van der Waals surface area contributed by atoms with E-state index in [1.165, 1.54) is 6.92 Å². The van der Waals surface area contributed by atoms with Gasteiger partial charge in [0, 0.05) is 29.3 Å². The number of hydrogen-bond donors (Lipinski definition) is 2. The quantitative estimate of drug-likeness (QED) is 0.581. The standard InChI is InChI=1S/C20H21N3O5S/c1-2-29(27,28)11-9-16(20(25)26)22-19(24)15-8-10-23-13-17(21-18(23)12-15)14-6-4-3-5-7-14/h3-8,10,12-13,16H,2,9,11H2,1H3,(H,22,24)(H,25,26). The topological polar surface area (TPSA) is 118 Å². The molecule has 3 rings (SSSR count). The lowest BCUT2D eigenvalue weighted by molar-refractivity contribution is -0.139. The van der Waals surface area contributed by atoms with E-state index < -0.39 is 27.8 Å². The largest absolute Gasteiger partial charge is 0.480 e. The molecule has 1 amide bonds. The first-order valence-corrected chi connectivity index (χ1v) is 10.9. The Labute approximate surface area is 168 Å². The average Bonchev–Trinajstić information content (AvgIpc) is 3.14. The van der Waals surface area contributed by atoms with E-state index >= 15 is 0 Å². The number of carboxylic acid groups (broad SMARTS) is 1. The predicted molar refractivity (Wildman–Crippen MR) is 108 cm³/mol. The molecular weight excluding hydrogens is 394 g/mol. The van der Waals surface area contributed by atoms with Crippen molar-refractivity contribution in [3.05, 3.63) is 60.4 Å². The fourth-order valence-corrected chi connectivity index (χ4v) is 3.70. The number of rotatable bonds is 8. The van der Waals surface area contributed by atoms with Gasteiger partial charge in [-0.05, 0) is 18.6 Å². The van der Waals surface area contributed by atoms with Gasteiger partial charge in [0.1, 0.15) is 21.5 Å². The van der Waals surface area contributed by atoms with Crippen LogP contribution in [0.5, 0.6) is 0 Å². The van der Waals surface area contributed by atoms with Gasteiger partial charge < -0.3 is 14.8 Å². The molecule has 0 fully saturated rings. The Bertz CT molecular complexity index is 1140. The van der Waals surface area contributed by atoms with Crippen LogP contribution >= 0.6 is 0 Å². The molecule has 1 atom stereocenters. The van der Waals surface area contributed by atoms with Crippen molar-refractivity contribution < 1.29 is 23.1 Å². The van der Waals surface area contributed by atoms with Gasteiger partial charge >= 0.3 is 5.97 Å². The van der Waals surface area contributed by atoms with Crippen molar-refractivity contribution in [3.8, 4) is 11.3 Å². The highest BCUT2D eigenvalue weighted by Crippen LogP contribution is 2.19. The van der Waals surface area contributed by atoms with Gasteiger partial charge in [0.05, 0.1) is 11.4 Å². The monoisotopic (exact) mass is 415 g/mol. The molecule has 0 spiro atoms. The number of carbonyl (C=O) groups is 2. The summed E-state index contributed by atoms with van der Waals surface area (Å²) in [6.45, 7) is 1.49. The lowest BCUT2D eigenvalue weighted by Crippen LogP contribution is -2.42. The first-order chi connectivity index (χ1) is 13.8. The first-order valence-electron chi connectivity index (χ1n) is 9.07. The third kappa shape index (κ3) is 5.00. The zero-order chi connectivity index (χ0) is 21.0. The van der Waals surface area contributed by atoms with Crippen LogP contribution in [0.25, 0.3) is 16.9 Å². The molecule has 0 aliphatic carbocycles. The van der Waals surface area contributed by atoms with Crippen LogP contribution in [0.2, 0.25) is 0 Å². The summed E-state index contributed by atoms with van der Waals surface area (Å²) < 4.78 is 25.0. The maximum atomic E-state index is 12.5. The van der Waals surface area contributed by atoms with E-state index in [9.17, 15) is 23.1 Å². The fraction of sp³-hybridized carbons (Fsp3) is 0.250. The average molecular weight is 415 g/mol. The molecule has 9 heteroatoms. The van der Waals surface area contributed by atoms with Crippen molar-refractivity contribution in [2.45, 2.75) is 19.4 Å². The molecule has 152 valence electrons. The van der Waals surface area contributed by atoms with Gasteiger partial charge in [0.15, 0.2) is 0 Å². The van der Waals surface area contributed by atoms with Crippen molar-refractivity contribution >= 4 is 27.4 Å². The van der Waals surface area contributed by atoms with E-state index in [1.54, 1.807) is 22.7 Å². The van der Waals surface area contributed by atoms with Gasteiger partial charge in [-0.1, -0.05) is 37.3 Å². The number of hydrogen-bond acceptors (Lipinski definition) is 5. The van der Waals surface area contributed by atoms with Crippen LogP contribution in [0.3, 0.4) is 0 Å². The molecule has 0 saturated heterocycles. The number of nitrogens with one attached hydrogen (secondary N) is 1. The number of carbonyl (C=O) groups excluding carboxylic acids is 1. The van der Waals surface area contributed by atoms with Crippen molar-refractivity contribution in [3.63, 3.8) is 0 Å². The normalized spacial score (nSPS) is 12.6. The lowest BCUT2D eigenvalue weighted by atomic mass is 10.2.